The molecule has 1 aromatic carbocycles. The van der Waals surface area contributed by atoms with Crippen molar-refractivity contribution in [3.05, 3.63) is 47.5 Å². The summed E-state index contributed by atoms with van der Waals surface area (Å²) in [4.78, 5) is 12.4. The topological polar surface area (TPSA) is 35.5 Å². The highest BCUT2D eigenvalue weighted by molar-refractivity contribution is 5.60. The molecule has 0 heterocycles. The lowest BCUT2D eigenvalue weighted by Crippen LogP contribution is -2.51. The van der Waals surface area contributed by atoms with Crippen molar-refractivity contribution >= 4 is 6.16 Å². The van der Waals surface area contributed by atoms with Crippen LogP contribution in [0, 0.1) is 46.3 Å². The molecular weight excluding hydrogens is 468 g/mol. The Labute approximate surface area is 232 Å². The van der Waals surface area contributed by atoms with Gasteiger partial charge in [-0.25, -0.2) is 4.79 Å². The van der Waals surface area contributed by atoms with Crippen LogP contribution in [-0.2, 0) is 16.1 Å². The van der Waals surface area contributed by atoms with Gasteiger partial charge >= 0.3 is 6.16 Å². The van der Waals surface area contributed by atoms with Crippen molar-refractivity contribution in [1.29, 1.82) is 0 Å². The van der Waals surface area contributed by atoms with E-state index < -0.39 is 6.16 Å². The van der Waals surface area contributed by atoms with Gasteiger partial charge in [-0.15, -0.1) is 0 Å². The average Bonchev–Trinajstić information content (AvgIpc) is 3.25. The fourth-order valence-corrected chi connectivity index (χ4v) is 9.64. The Balaban J connectivity index is 1.19. The van der Waals surface area contributed by atoms with Crippen molar-refractivity contribution in [3.63, 3.8) is 0 Å². The monoisotopic (exact) mass is 520 g/mol. The summed E-state index contributed by atoms with van der Waals surface area (Å²) < 4.78 is 11.2. The fraction of sp³-hybridized carbons (Fsp3) is 0.743. The van der Waals surface area contributed by atoms with E-state index in [2.05, 4.69) is 40.7 Å². The maximum Gasteiger partial charge on any atom is 0.508 e. The number of hydrogen-bond acceptors (Lipinski definition) is 3. The molecule has 5 rings (SSSR count). The lowest BCUT2D eigenvalue weighted by Gasteiger charge is -2.58. The van der Waals surface area contributed by atoms with E-state index in [1.807, 2.05) is 30.3 Å². The van der Waals surface area contributed by atoms with Crippen molar-refractivity contribution in [2.75, 3.05) is 0 Å². The predicted octanol–water partition coefficient (Wildman–Crippen LogP) is 9.75. The second-order valence-corrected chi connectivity index (χ2v) is 14.3. The minimum absolute atomic E-state index is 0.0504. The standard InChI is InChI=1S/C35H52O3/c1-24(2)10-9-11-25(3)30-16-17-31-29-15-14-27-22-28(38-33(36)37-23-26-12-7-6-8-13-26)18-20-34(27,4)32(29)19-21-35(30,31)5/h6-8,12-14,24-25,28-32H,9-11,15-23H2,1-5H3/t25-,28+,29-,30+,31-,32-,34+,35-/m1/s1. The molecule has 0 spiro atoms. The van der Waals surface area contributed by atoms with Gasteiger partial charge in [0.05, 0.1) is 0 Å². The highest BCUT2D eigenvalue weighted by Crippen LogP contribution is 2.67. The summed E-state index contributed by atoms with van der Waals surface area (Å²) in [5.74, 6) is 5.11. The molecule has 3 heteroatoms. The van der Waals surface area contributed by atoms with Crippen molar-refractivity contribution in [1.82, 2.24) is 0 Å². The largest absolute Gasteiger partial charge is 0.508 e. The molecule has 0 saturated heterocycles. The van der Waals surface area contributed by atoms with E-state index in [1.165, 1.54) is 51.4 Å². The number of allylic oxidation sites excluding steroid dienone is 1. The van der Waals surface area contributed by atoms with Gasteiger partial charge in [0.15, 0.2) is 0 Å². The molecule has 4 aliphatic carbocycles. The molecule has 0 radical (unpaired) electrons. The third kappa shape index (κ3) is 5.46. The van der Waals surface area contributed by atoms with Crippen molar-refractivity contribution in [2.24, 2.45) is 46.3 Å². The molecule has 0 unspecified atom stereocenters. The molecule has 0 amide bonds. The molecule has 3 fully saturated rings. The third-order valence-corrected chi connectivity index (χ3v) is 11.7. The second kappa shape index (κ2) is 11.4. The SMILES string of the molecule is CC(C)CCC[C@@H](C)[C@@H]1CC[C@@H]2[C@H]3CC=C4C[C@@H](OC(=O)OCc5ccccc5)CC[C@]4(C)[C@@H]3CC[C@@]21C. The molecule has 4 aliphatic rings. The number of carbonyl (C=O) groups is 1. The van der Waals surface area contributed by atoms with Gasteiger partial charge in [-0.1, -0.05) is 95.9 Å². The van der Waals surface area contributed by atoms with E-state index >= 15 is 0 Å². The Kier molecular flexibility index (Phi) is 8.32. The number of benzene rings is 1. The number of ether oxygens (including phenoxy) is 2. The van der Waals surface area contributed by atoms with Crippen LogP contribution in [0.3, 0.4) is 0 Å². The van der Waals surface area contributed by atoms with Gasteiger partial charge in [-0.2, -0.15) is 0 Å². The lowest BCUT2D eigenvalue weighted by molar-refractivity contribution is -0.0620. The van der Waals surface area contributed by atoms with Crippen LogP contribution in [0.1, 0.15) is 111 Å². The third-order valence-electron chi connectivity index (χ3n) is 11.7. The number of rotatable bonds is 8. The summed E-state index contributed by atoms with van der Waals surface area (Å²) in [6, 6.07) is 9.83. The van der Waals surface area contributed by atoms with Gasteiger partial charge < -0.3 is 9.47 Å². The van der Waals surface area contributed by atoms with Crippen molar-refractivity contribution in [3.8, 4) is 0 Å². The first-order chi connectivity index (χ1) is 18.2. The van der Waals surface area contributed by atoms with E-state index in [0.29, 0.717) is 5.41 Å². The zero-order valence-corrected chi connectivity index (χ0v) is 24.7. The first kappa shape index (κ1) is 27.8. The normalized spacial score (nSPS) is 37.0. The fourth-order valence-electron chi connectivity index (χ4n) is 9.64. The highest BCUT2D eigenvalue weighted by Gasteiger charge is 2.59. The van der Waals surface area contributed by atoms with Gasteiger partial charge in [0.25, 0.3) is 0 Å². The maximum absolute atomic E-state index is 12.4. The predicted molar refractivity (Wildman–Crippen MR) is 155 cm³/mol. The van der Waals surface area contributed by atoms with Crippen molar-refractivity contribution < 1.29 is 14.3 Å². The molecule has 0 N–H and O–H groups in total. The van der Waals surface area contributed by atoms with E-state index in [9.17, 15) is 4.79 Å². The molecule has 0 bridgehead atoms. The Bertz CT molecular complexity index is 982. The van der Waals surface area contributed by atoms with E-state index in [4.69, 9.17) is 9.47 Å². The second-order valence-electron chi connectivity index (χ2n) is 14.3. The van der Waals surface area contributed by atoms with Gasteiger partial charge in [-0.3, -0.25) is 0 Å². The van der Waals surface area contributed by atoms with E-state index in [-0.39, 0.29) is 18.1 Å². The Morgan fingerprint density at radius 3 is 2.53 bits per heavy atom. The van der Waals surface area contributed by atoms with Gasteiger partial charge in [0, 0.05) is 6.42 Å². The summed E-state index contributed by atoms with van der Waals surface area (Å²) in [5, 5.41) is 0. The van der Waals surface area contributed by atoms with Crippen LogP contribution in [0.25, 0.3) is 0 Å². The molecule has 3 saturated carbocycles. The first-order valence-corrected chi connectivity index (χ1v) is 15.8. The number of hydrogen-bond donors (Lipinski definition) is 0. The van der Waals surface area contributed by atoms with Crippen LogP contribution in [0.5, 0.6) is 0 Å². The Hall–Kier alpha value is -1.77. The van der Waals surface area contributed by atoms with Crippen molar-refractivity contribution in [2.45, 2.75) is 118 Å². The van der Waals surface area contributed by atoms with Crippen LogP contribution < -0.4 is 0 Å². The molecule has 38 heavy (non-hydrogen) atoms. The Morgan fingerprint density at radius 2 is 1.76 bits per heavy atom. The summed E-state index contributed by atoms with van der Waals surface area (Å²) in [6.45, 7) is 12.8. The first-order valence-electron chi connectivity index (χ1n) is 15.8. The van der Waals surface area contributed by atoms with Crippen LogP contribution in [0.15, 0.2) is 42.0 Å². The summed E-state index contributed by atoms with van der Waals surface area (Å²) >= 11 is 0. The number of fused-ring (bicyclic) bond motifs is 5. The maximum atomic E-state index is 12.4. The molecule has 210 valence electrons. The van der Waals surface area contributed by atoms with E-state index in [1.54, 1.807) is 5.57 Å². The Morgan fingerprint density at radius 1 is 0.974 bits per heavy atom. The van der Waals surface area contributed by atoms with Crippen LogP contribution in [0.2, 0.25) is 0 Å². The summed E-state index contributed by atoms with van der Waals surface area (Å²) in [7, 11) is 0. The van der Waals surface area contributed by atoms with Crippen LogP contribution in [0.4, 0.5) is 4.79 Å². The molecule has 0 aromatic heterocycles. The summed E-state index contributed by atoms with van der Waals surface area (Å²) in [5.41, 5.74) is 3.36. The quantitative estimate of drug-likeness (QED) is 0.253. The average molecular weight is 521 g/mol. The van der Waals surface area contributed by atoms with Gasteiger partial charge in [0.2, 0.25) is 0 Å². The minimum Gasteiger partial charge on any atom is -0.431 e. The van der Waals surface area contributed by atoms with E-state index in [0.717, 1.165) is 60.3 Å². The van der Waals surface area contributed by atoms with Crippen LogP contribution in [-0.4, -0.2) is 12.3 Å². The molecular formula is C35H52O3. The van der Waals surface area contributed by atoms with Gasteiger partial charge in [0.1, 0.15) is 12.7 Å². The lowest BCUT2D eigenvalue weighted by atomic mass is 9.47. The van der Waals surface area contributed by atoms with Gasteiger partial charge in [-0.05, 0) is 96.8 Å². The number of carbonyl (C=O) groups excluding carboxylic acids is 1. The minimum atomic E-state index is -0.523. The molecule has 3 nitrogen and oxygen atoms in total. The highest BCUT2D eigenvalue weighted by atomic mass is 16.7. The zero-order valence-electron chi connectivity index (χ0n) is 24.7. The molecule has 1 aromatic rings. The molecule has 0 aliphatic heterocycles. The molecule has 8 atom stereocenters. The van der Waals surface area contributed by atoms with Crippen LogP contribution >= 0.6 is 0 Å². The summed E-state index contributed by atoms with van der Waals surface area (Å²) in [6.07, 6.45) is 16.1. The zero-order chi connectivity index (χ0) is 26.9. The smallest absolute Gasteiger partial charge is 0.431 e.